The van der Waals surface area contributed by atoms with Crippen LogP contribution < -0.4 is 15.4 Å². The molecule has 0 bridgehead atoms. The molecule has 1 aromatic carbocycles. The lowest BCUT2D eigenvalue weighted by Crippen LogP contribution is -2.18. The minimum absolute atomic E-state index is 0.0536. The predicted octanol–water partition coefficient (Wildman–Crippen LogP) is 2.39. The summed E-state index contributed by atoms with van der Waals surface area (Å²) in [6.07, 6.45) is 1.34. The first kappa shape index (κ1) is 16.2. The molecule has 1 aliphatic heterocycles. The Kier molecular flexibility index (Phi) is 5.69. The number of carbonyl (C=O) groups is 1. The van der Waals surface area contributed by atoms with E-state index in [0.29, 0.717) is 21.6 Å². The number of thioether (sulfide) groups is 1. The van der Waals surface area contributed by atoms with Crippen molar-refractivity contribution in [2.75, 3.05) is 24.7 Å². The standard InChI is InChI=1S/C14H13ClN4O2S/c1-21-12-3-2-10(6-11(12)15)19-13(20)9(7-16)8-18-14-17-4-5-22-14/h2-3,6,8H,4-5H2,1H3,(H,17,18)(H,19,20)/b9-8-. The fraction of sp³-hybridized carbons (Fsp3) is 0.214. The van der Waals surface area contributed by atoms with Crippen LogP contribution in [0.15, 0.2) is 35.0 Å². The summed E-state index contributed by atoms with van der Waals surface area (Å²) in [6, 6.07) is 6.68. The molecule has 6 nitrogen and oxygen atoms in total. The van der Waals surface area contributed by atoms with Crippen LogP contribution in [0, 0.1) is 11.3 Å². The Labute approximate surface area is 137 Å². The van der Waals surface area contributed by atoms with E-state index in [4.69, 9.17) is 21.6 Å². The van der Waals surface area contributed by atoms with Gasteiger partial charge < -0.3 is 15.4 Å². The van der Waals surface area contributed by atoms with Crippen LogP contribution in [0.4, 0.5) is 5.69 Å². The number of benzene rings is 1. The first-order chi connectivity index (χ1) is 10.6. The maximum absolute atomic E-state index is 12.1. The van der Waals surface area contributed by atoms with Crippen LogP contribution in [0.1, 0.15) is 0 Å². The number of amidine groups is 1. The number of aliphatic imine (C=N–C) groups is 1. The summed E-state index contributed by atoms with van der Waals surface area (Å²) >= 11 is 7.53. The van der Waals surface area contributed by atoms with Crippen LogP contribution in [0.25, 0.3) is 0 Å². The largest absolute Gasteiger partial charge is 0.495 e. The van der Waals surface area contributed by atoms with E-state index in [1.807, 2.05) is 6.07 Å². The normalized spacial score (nSPS) is 14.0. The number of methoxy groups -OCH3 is 1. The van der Waals surface area contributed by atoms with E-state index in [1.54, 1.807) is 18.2 Å². The summed E-state index contributed by atoms with van der Waals surface area (Å²) in [6.45, 7) is 0.735. The molecule has 1 aliphatic rings. The Morgan fingerprint density at radius 3 is 3.00 bits per heavy atom. The average molecular weight is 337 g/mol. The minimum atomic E-state index is -0.528. The zero-order valence-corrected chi connectivity index (χ0v) is 13.3. The first-order valence-corrected chi connectivity index (χ1v) is 7.69. The van der Waals surface area contributed by atoms with Gasteiger partial charge >= 0.3 is 0 Å². The van der Waals surface area contributed by atoms with Gasteiger partial charge in [-0.25, -0.2) is 0 Å². The highest BCUT2D eigenvalue weighted by Crippen LogP contribution is 2.27. The van der Waals surface area contributed by atoms with Crippen molar-refractivity contribution in [3.8, 4) is 11.8 Å². The van der Waals surface area contributed by atoms with E-state index in [-0.39, 0.29) is 5.57 Å². The molecule has 114 valence electrons. The van der Waals surface area contributed by atoms with Crippen molar-refractivity contribution in [3.05, 3.63) is 35.0 Å². The molecule has 0 aromatic heterocycles. The second-order valence-corrected chi connectivity index (χ2v) is 5.64. The van der Waals surface area contributed by atoms with Gasteiger partial charge in [-0.2, -0.15) is 5.26 Å². The number of nitriles is 1. The van der Waals surface area contributed by atoms with Gasteiger partial charge in [0, 0.05) is 17.6 Å². The quantitative estimate of drug-likeness (QED) is 0.651. The third-order valence-electron chi connectivity index (χ3n) is 2.70. The summed E-state index contributed by atoms with van der Waals surface area (Å²) in [5.74, 6) is 0.877. The lowest BCUT2D eigenvalue weighted by atomic mass is 10.2. The second kappa shape index (κ2) is 7.73. The van der Waals surface area contributed by atoms with Crippen LogP contribution in [-0.4, -0.2) is 30.5 Å². The van der Waals surface area contributed by atoms with Crippen LogP contribution >= 0.6 is 23.4 Å². The highest BCUT2D eigenvalue weighted by molar-refractivity contribution is 8.14. The summed E-state index contributed by atoms with van der Waals surface area (Å²) in [4.78, 5) is 16.2. The van der Waals surface area contributed by atoms with Crippen molar-refractivity contribution in [1.29, 1.82) is 5.26 Å². The molecule has 0 unspecified atom stereocenters. The van der Waals surface area contributed by atoms with Crippen molar-refractivity contribution in [2.45, 2.75) is 0 Å². The van der Waals surface area contributed by atoms with Crippen LogP contribution in [0.2, 0.25) is 5.02 Å². The average Bonchev–Trinajstić information content (AvgIpc) is 3.01. The Bertz CT molecular complexity index is 682. The van der Waals surface area contributed by atoms with Gasteiger partial charge in [-0.05, 0) is 18.2 Å². The van der Waals surface area contributed by atoms with Gasteiger partial charge in [-0.1, -0.05) is 23.4 Å². The summed E-state index contributed by atoms with van der Waals surface area (Å²) in [7, 11) is 1.51. The van der Waals surface area contributed by atoms with Gasteiger partial charge in [-0.3, -0.25) is 9.79 Å². The number of anilines is 1. The highest BCUT2D eigenvalue weighted by Gasteiger charge is 2.12. The topological polar surface area (TPSA) is 86.5 Å². The fourth-order valence-corrected chi connectivity index (χ4v) is 2.61. The first-order valence-electron chi connectivity index (χ1n) is 6.33. The Hall–Kier alpha value is -2.17. The van der Waals surface area contributed by atoms with Crippen LogP contribution in [0.5, 0.6) is 5.75 Å². The van der Waals surface area contributed by atoms with Crippen molar-refractivity contribution in [2.24, 2.45) is 4.99 Å². The van der Waals surface area contributed by atoms with Gasteiger partial charge in [0.25, 0.3) is 5.91 Å². The van der Waals surface area contributed by atoms with Gasteiger partial charge in [-0.15, -0.1) is 0 Å². The molecular formula is C14H13ClN4O2S. The number of rotatable bonds is 4. The van der Waals surface area contributed by atoms with E-state index in [9.17, 15) is 4.79 Å². The van der Waals surface area contributed by atoms with E-state index in [0.717, 1.165) is 12.3 Å². The predicted molar refractivity (Wildman–Crippen MR) is 88.2 cm³/mol. The number of hydrogen-bond acceptors (Lipinski definition) is 6. The number of carbonyl (C=O) groups excluding carboxylic acids is 1. The molecule has 1 amide bonds. The van der Waals surface area contributed by atoms with Crippen LogP contribution in [0.3, 0.4) is 0 Å². The molecule has 8 heteroatoms. The molecule has 1 aromatic rings. The van der Waals surface area contributed by atoms with E-state index in [2.05, 4.69) is 15.6 Å². The van der Waals surface area contributed by atoms with Gasteiger partial charge in [0.15, 0.2) is 5.17 Å². The maximum Gasteiger partial charge on any atom is 0.267 e. The van der Waals surface area contributed by atoms with Gasteiger partial charge in [0.05, 0.1) is 18.7 Å². The summed E-state index contributed by atoms with van der Waals surface area (Å²) < 4.78 is 5.04. The molecular weight excluding hydrogens is 324 g/mol. The number of halogens is 1. The Morgan fingerprint density at radius 2 is 2.41 bits per heavy atom. The van der Waals surface area contributed by atoms with Crippen molar-refractivity contribution in [3.63, 3.8) is 0 Å². The molecule has 0 atom stereocenters. The minimum Gasteiger partial charge on any atom is -0.495 e. The molecule has 0 fully saturated rings. The number of nitrogens with one attached hydrogen (secondary N) is 2. The fourth-order valence-electron chi connectivity index (χ4n) is 1.65. The SMILES string of the molecule is COc1ccc(NC(=O)/C(C#N)=C\NC2=NCCS2)cc1Cl. The molecule has 0 aliphatic carbocycles. The number of ether oxygens (including phenoxy) is 1. The molecule has 0 saturated heterocycles. The van der Waals surface area contributed by atoms with Crippen molar-refractivity contribution >= 4 is 40.1 Å². The van der Waals surface area contributed by atoms with E-state index in [1.165, 1.54) is 25.1 Å². The lowest BCUT2D eigenvalue weighted by Gasteiger charge is -2.07. The zero-order chi connectivity index (χ0) is 15.9. The molecule has 2 rings (SSSR count). The molecule has 2 N–H and O–H groups in total. The van der Waals surface area contributed by atoms with Gasteiger partial charge in [0.1, 0.15) is 17.4 Å². The number of hydrogen-bond donors (Lipinski definition) is 2. The smallest absolute Gasteiger partial charge is 0.267 e. The zero-order valence-electron chi connectivity index (χ0n) is 11.7. The second-order valence-electron chi connectivity index (χ2n) is 4.15. The maximum atomic E-state index is 12.1. The monoisotopic (exact) mass is 336 g/mol. The molecule has 1 heterocycles. The molecule has 0 spiro atoms. The van der Waals surface area contributed by atoms with Crippen LogP contribution in [-0.2, 0) is 4.79 Å². The molecule has 0 saturated carbocycles. The summed E-state index contributed by atoms with van der Waals surface area (Å²) in [5.41, 5.74) is 0.423. The lowest BCUT2D eigenvalue weighted by molar-refractivity contribution is -0.112. The summed E-state index contributed by atoms with van der Waals surface area (Å²) in [5, 5.41) is 15.6. The number of nitrogens with zero attached hydrogens (tertiary/aromatic N) is 2. The molecule has 22 heavy (non-hydrogen) atoms. The van der Waals surface area contributed by atoms with E-state index >= 15 is 0 Å². The third-order valence-corrected chi connectivity index (χ3v) is 3.90. The van der Waals surface area contributed by atoms with Gasteiger partial charge in [0.2, 0.25) is 0 Å². The van der Waals surface area contributed by atoms with E-state index < -0.39 is 5.91 Å². The third kappa shape index (κ3) is 4.16. The Balaban J connectivity index is 2.04. The van der Waals surface area contributed by atoms with Crippen molar-refractivity contribution in [1.82, 2.24) is 5.32 Å². The Morgan fingerprint density at radius 1 is 1.59 bits per heavy atom. The molecule has 0 radical (unpaired) electrons. The van der Waals surface area contributed by atoms with Crippen molar-refractivity contribution < 1.29 is 9.53 Å². The number of amides is 1. The highest BCUT2D eigenvalue weighted by atomic mass is 35.5.